The molecule has 2 amide bonds. The first-order valence-electron chi connectivity index (χ1n) is 10.5. The van der Waals surface area contributed by atoms with Crippen LogP contribution in [0.15, 0.2) is 35.5 Å². The van der Waals surface area contributed by atoms with E-state index in [1.54, 1.807) is 0 Å². The maximum atomic E-state index is 12.4. The number of amides is 2. The molecule has 1 aromatic carbocycles. The quantitative estimate of drug-likeness (QED) is 0.745. The Balaban J connectivity index is 1.26. The Hall–Kier alpha value is -1.95. The minimum absolute atomic E-state index is 0.118. The molecule has 2 aromatic rings. The first kappa shape index (κ1) is 19.4. The minimum atomic E-state index is -0.118. The van der Waals surface area contributed by atoms with E-state index in [9.17, 15) is 4.79 Å². The van der Waals surface area contributed by atoms with Gasteiger partial charge in [-0.2, -0.15) is 0 Å². The van der Waals surface area contributed by atoms with Crippen LogP contribution in [0.1, 0.15) is 49.9 Å². The Labute approximate surface area is 171 Å². The number of hydrogen-bond donors (Lipinski definition) is 2. The van der Waals surface area contributed by atoms with Crippen molar-refractivity contribution in [2.45, 2.75) is 68.6 Å². The van der Waals surface area contributed by atoms with Crippen LogP contribution < -0.4 is 10.6 Å². The van der Waals surface area contributed by atoms with Gasteiger partial charge in [0, 0.05) is 47.7 Å². The molecule has 0 spiro atoms. The van der Waals surface area contributed by atoms with Crippen molar-refractivity contribution in [2.24, 2.45) is 5.92 Å². The molecular weight excluding hydrogens is 368 g/mol. The Morgan fingerprint density at radius 3 is 2.93 bits per heavy atom. The fourth-order valence-electron chi connectivity index (χ4n) is 4.23. The summed E-state index contributed by atoms with van der Waals surface area (Å²) in [4.78, 5) is 18.0. The second-order valence-electron chi connectivity index (χ2n) is 8.09. The molecule has 1 aliphatic heterocycles. The summed E-state index contributed by atoms with van der Waals surface area (Å²) in [5.41, 5.74) is 2.02. The van der Waals surface area contributed by atoms with Gasteiger partial charge in [-0.05, 0) is 55.9 Å². The number of thioether (sulfide) groups is 1. The smallest absolute Gasteiger partial charge is 0.319 e. The van der Waals surface area contributed by atoms with E-state index in [1.807, 2.05) is 30.2 Å². The summed E-state index contributed by atoms with van der Waals surface area (Å²) in [7, 11) is 0. The number of nitrogens with zero attached hydrogens (tertiary/aromatic N) is 2. The number of fused-ring (bicyclic) bond motifs is 1. The Kier molecular flexibility index (Phi) is 6.25. The van der Waals surface area contributed by atoms with Crippen molar-refractivity contribution < 1.29 is 4.79 Å². The standard InChI is InChI=1S/C22H30N4OS/c1-16-13-19(28-18-5-3-2-4-6-18)8-9-20(16)25-22(27)24-14-17-7-10-21-23-11-12-26(21)15-17/h8-9,11-13,17-18H,2-7,10,14-15H2,1H3,(H2,24,25,27). The fraction of sp³-hybridized carbons (Fsp3) is 0.545. The molecule has 1 saturated carbocycles. The Bertz CT molecular complexity index is 813. The van der Waals surface area contributed by atoms with Crippen LogP contribution >= 0.6 is 11.8 Å². The SMILES string of the molecule is Cc1cc(SC2CCCCC2)ccc1NC(=O)NCC1CCc2nccn2C1. The van der Waals surface area contributed by atoms with Crippen LogP contribution in [0.4, 0.5) is 10.5 Å². The maximum Gasteiger partial charge on any atom is 0.319 e. The van der Waals surface area contributed by atoms with Crippen LogP contribution in [0.2, 0.25) is 0 Å². The highest BCUT2D eigenvalue weighted by Gasteiger charge is 2.19. The predicted molar refractivity (Wildman–Crippen MR) is 115 cm³/mol. The average Bonchev–Trinajstić information content (AvgIpc) is 3.17. The molecule has 5 nitrogen and oxygen atoms in total. The lowest BCUT2D eigenvalue weighted by Crippen LogP contribution is -2.36. The summed E-state index contributed by atoms with van der Waals surface area (Å²) >= 11 is 1.99. The first-order valence-corrected chi connectivity index (χ1v) is 11.4. The molecule has 150 valence electrons. The van der Waals surface area contributed by atoms with Gasteiger partial charge < -0.3 is 15.2 Å². The molecule has 2 aliphatic rings. The van der Waals surface area contributed by atoms with Crippen molar-refractivity contribution in [3.05, 3.63) is 42.0 Å². The predicted octanol–water partition coefficient (Wildman–Crippen LogP) is 5.00. The van der Waals surface area contributed by atoms with Gasteiger partial charge in [0.1, 0.15) is 5.82 Å². The summed E-state index contributed by atoms with van der Waals surface area (Å²) in [5, 5.41) is 6.81. The Morgan fingerprint density at radius 2 is 2.11 bits per heavy atom. The van der Waals surface area contributed by atoms with Crippen LogP contribution in [0.3, 0.4) is 0 Å². The molecule has 2 N–H and O–H groups in total. The first-order chi connectivity index (χ1) is 13.7. The van der Waals surface area contributed by atoms with Gasteiger partial charge in [0.15, 0.2) is 0 Å². The van der Waals surface area contributed by atoms with E-state index in [1.165, 1.54) is 37.0 Å². The third-order valence-corrected chi connectivity index (χ3v) is 7.22. The van der Waals surface area contributed by atoms with Crippen molar-refractivity contribution >= 4 is 23.5 Å². The van der Waals surface area contributed by atoms with Gasteiger partial charge >= 0.3 is 6.03 Å². The van der Waals surface area contributed by atoms with Crippen LogP contribution in [0.25, 0.3) is 0 Å². The van der Waals surface area contributed by atoms with Crippen LogP contribution in [-0.2, 0) is 13.0 Å². The highest BCUT2D eigenvalue weighted by atomic mass is 32.2. The summed E-state index contributed by atoms with van der Waals surface area (Å²) in [6.45, 7) is 3.70. The number of imidazole rings is 1. The van der Waals surface area contributed by atoms with Crippen molar-refractivity contribution in [2.75, 3.05) is 11.9 Å². The molecule has 4 rings (SSSR count). The molecule has 28 heavy (non-hydrogen) atoms. The van der Waals surface area contributed by atoms with E-state index in [0.29, 0.717) is 12.5 Å². The number of rotatable bonds is 5. The summed E-state index contributed by atoms with van der Waals surface area (Å²) < 4.78 is 2.20. The lowest BCUT2D eigenvalue weighted by molar-refractivity contribution is 0.247. The number of aromatic nitrogens is 2. The number of nitrogens with one attached hydrogen (secondary N) is 2. The third kappa shape index (κ3) is 4.90. The number of anilines is 1. The zero-order chi connectivity index (χ0) is 19.3. The molecule has 1 fully saturated rings. The van der Waals surface area contributed by atoms with E-state index in [2.05, 4.69) is 39.2 Å². The minimum Gasteiger partial charge on any atom is -0.338 e. The van der Waals surface area contributed by atoms with Gasteiger partial charge in [-0.3, -0.25) is 0 Å². The molecule has 1 aliphatic carbocycles. The topological polar surface area (TPSA) is 59.0 Å². The van der Waals surface area contributed by atoms with Gasteiger partial charge in [0.25, 0.3) is 0 Å². The molecule has 1 aromatic heterocycles. The molecule has 1 atom stereocenters. The molecule has 0 bridgehead atoms. The van der Waals surface area contributed by atoms with Gasteiger partial charge in [-0.1, -0.05) is 19.3 Å². The van der Waals surface area contributed by atoms with E-state index >= 15 is 0 Å². The van der Waals surface area contributed by atoms with Crippen LogP contribution in [0.5, 0.6) is 0 Å². The van der Waals surface area contributed by atoms with Crippen molar-refractivity contribution in [1.29, 1.82) is 0 Å². The molecule has 0 radical (unpaired) electrons. The summed E-state index contributed by atoms with van der Waals surface area (Å²) in [6.07, 6.45) is 12.7. The number of benzene rings is 1. The molecule has 6 heteroatoms. The number of urea groups is 1. The second-order valence-corrected chi connectivity index (χ2v) is 9.46. The zero-order valence-electron chi connectivity index (χ0n) is 16.6. The van der Waals surface area contributed by atoms with E-state index in [-0.39, 0.29) is 6.03 Å². The summed E-state index contributed by atoms with van der Waals surface area (Å²) in [6, 6.07) is 6.27. The zero-order valence-corrected chi connectivity index (χ0v) is 17.4. The van der Waals surface area contributed by atoms with Crippen molar-refractivity contribution in [1.82, 2.24) is 14.9 Å². The normalized spacial score (nSPS) is 19.8. The second kappa shape index (κ2) is 9.03. The third-order valence-electron chi connectivity index (χ3n) is 5.89. The van der Waals surface area contributed by atoms with E-state index < -0.39 is 0 Å². The highest BCUT2D eigenvalue weighted by molar-refractivity contribution is 8.00. The molecule has 2 heterocycles. The lowest BCUT2D eigenvalue weighted by Gasteiger charge is -2.24. The van der Waals surface area contributed by atoms with Crippen LogP contribution in [-0.4, -0.2) is 27.4 Å². The fourth-order valence-corrected chi connectivity index (χ4v) is 5.58. The highest BCUT2D eigenvalue weighted by Crippen LogP contribution is 2.34. The van der Waals surface area contributed by atoms with Crippen LogP contribution in [0, 0.1) is 12.8 Å². The lowest BCUT2D eigenvalue weighted by atomic mass is 9.99. The number of aryl methyl sites for hydroxylation is 2. The summed E-state index contributed by atoms with van der Waals surface area (Å²) in [5.74, 6) is 1.62. The molecule has 1 unspecified atom stereocenters. The van der Waals surface area contributed by atoms with Gasteiger partial charge in [-0.15, -0.1) is 11.8 Å². The van der Waals surface area contributed by atoms with Gasteiger partial charge in [0.05, 0.1) is 0 Å². The Morgan fingerprint density at radius 1 is 1.25 bits per heavy atom. The average molecular weight is 399 g/mol. The number of carbonyl (C=O) groups is 1. The van der Waals surface area contributed by atoms with Gasteiger partial charge in [0.2, 0.25) is 0 Å². The van der Waals surface area contributed by atoms with Gasteiger partial charge in [-0.25, -0.2) is 9.78 Å². The number of hydrogen-bond acceptors (Lipinski definition) is 3. The number of carbonyl (C=O) groups excluding carboxylic acids is 1. The molecule has 0 saturated heterocycles. The monoisotopic (exact) mass is 398 g/mol. The van der Waals surface area contributed by atoms with Crippen molar-refractivity contribution in [3.63, 3.8) is 0 Å². The van der Waals surface area contributed by atoms with E-state index in [4.69, 9.17) is 0 Å². The molecular formula is C22H30N4OS. The largest absolute Gasteiger partial charge is 0.338 e. The van der Waals surface area contributed by atoms with E-state index in [0.717, 1.165) is 41.7 Å². The van der Waals surface area contributed by atoms with Crippen molar-refractivity contribution in [3.8, 4) is 0 Å². The maximum absolute atomic E-state index is 12.4.